The molecule has 1 saturated heterocycles. The van der Waals surface area contributed by atoms with Gasteiger partial charge in [0.15, 0.2) is 0 Å². The van der Waals surface area contributed by atoms with E-state index in [9.17, 15) is 4.79 Å². The van der Waals surface area contributed by atoms with Crippen LogP contribution in [0.15, 0.2) is 18.3 Å². The minimum atomic E-state index is 0.115. The molecule has 0 bridgehead atoms. The van der Waals surface area contributed by atoms with Gasteiger partial charge in [0.25, 0.3) is 0 Å². The number of carbonyl (C=O) groups is 1. The lowest BCUT2D eigenvalue weighted by atomic mass is 9.97. The first-order chi connectivity index (χ1) is 7.75. The topological polar surface area (TPSA) is 54.0 Å². The highest BCUT2D eigenvalue weighted by atomic mass is 127. The maximum atomic E-state index is 11.9. The molecule has 0 aromatic carbocycles. The molecular weight excluding hydrogens is 317 g/mol. The van der Waals surface area contributed by atoms with Crippen LogP contribution in [0.2, 0.25) is 0 Å². The SMILES string of the molecule is O=C(Nc1ccc(I)nc1)C1CCNCC1. The average Bonchev–Trinajstić information content (AvgIpc) is 2.33. The summed E-state index contributed by atoms with van der Waals surface area (Å²) in [6.07, 6.45) is 3.54. The van der Waals surface area contributed by atoms with Crippen LogP contribution in [-0.4, -0.2) is 24.0 Å². The molecular formula is C11H14IN3O. The number of rotatable bonds is 2. The van der Waals surface area contributed by atoms with Crippen LogP contribution in [0.3, 0.4) is 0 Å². The van der Waals surface area contributed by atoms with Gasteiger partial charge in [-0.25, -0.2) is 4.98 Å². The first-order valence-electron chi connectivity index (χ1n) is 5.39. The molecule has 1 aromatic heterocycles. The third-order valence-corrected chi connectivity index (χ3v) is 3.34. The number of pyridine rings is 1. The number of halogens is 1. The fraction of sp³-hybridized carbons (Fsp3) is 0.455. The van der Waals surface area contributed by atoms with Crippen LogP contribution in [0.25, 0.3) is 0 Å². The van der Waals surface area contributed by atoms with Crippen molar-refractivity contribution in [3.63, 3.8) is 0 Å². The van der Waals surface area contributed by atoms with Crippen LogP contribution in [0, 0.1) is 9.62 Å². The molecule has 0 spiro atoms. The largest absolute Gasteiger partial charge is 0.324 e. The summed E-state index contributed by atoms with van der Waals surface area (Å²) in [4.78, 5) is 16.0. The summed E-state index contributed by atoms with van der Waals surface area (Å²) in [6, 6.07) is 3.77. The van der Waals surface area contributed by atoms with Gasteiger partial charge in [-0.05, 0) is 60.7 Å². The zero-order chi connectivity index (χ0) is 11.4. The molecule has 0 radical (unpaired) electrons. The molecule has 0 atom stereocenters. The number of nitrogens with one attached hydrogen (secondary N) is 2. The molecule has 2 heterocycles. The Morgan fingerprint density at radius 2 is 2.19 bits per heavy atom. The molecule has 1 fully saturated rings. The van der Waals surface area contributed by atoms with Crippen LogP contribution in [0.1, 0.15) is 12.8 Å². The van der Waals surface area contributed by atoms with Crippen LogP contribution in [-0.2, 0) is 4.79 Å². The highest BCUT2D eigenvalue weighted by molar-refractivity contribution is 14.1. The van der Waals surface area contributed by atoms with Crippen molar-refractivity contribution in [2.45, 2.75) is 12.8 Å². The van der Waals surface area contributed by atoms with E-state index in [1.165, 1.54) is 0 Å². The molecule has 0 aliphatic carbocycles. The second kappa shape index (κ2) is 5.58. The van der Waals surface area contributed by atoms with Gasteiger partial charge in [-0.15, -0.1) is 0 Å². The Hall–Kier alpha value is -0.690. The van der Waals surface area contributed by atoms with E-state index in [1.54, 1.807) is 6.20 Å². The van der Waals surface area contributed by atoms with E-state index in [1.807, 2.05) is 12.1 Å². The number of nitrogens with zero attached hydrogens (tertiary/aromatic N) is 1. The van der Waals surface area contributed by atoms with Crippen LogP contribution in [0.4, 0.5) is 5.69 Å². The van der Waals surface area contributed by atoms with Crippen molar-refractivity contribution in [2.24, 2.45) is 5.92 Å². The molecule has 86 valence electrons. The van der Waals surface area contributed by atoms with Gasteiger partial charge in [-0.1, -0.05) is 0 Å². The molecule has 1 amide bonds. The second-order valence-corrected chi connectivity index (χ2v) is 4.99. The number of hydrogen-bond acceptors (Lipinski definition) is 3. The van der Waals surface area contributed by atoms with Crippen LogP contribution in [0.5, 0.6) is 0 Å². The molecule has 1 aromatic rings. The van der Waals surface area contributed by atoms with Gasteiger partial charge in [-0.3, -0.25) is 4.79 Å². The zero-order valence-electron chi connectivity index (χ0n) is 8.87. The average molecular weight is 331 g/mol. The molecule has 1 aliphatic rings. The van der Waals surface area contributed by atoms with Crippen molar-refractivity contribution >= 4 is 34.2 Å². The van der Waals surface area contributed by atoms with Gasteiger partial charge in [0.2, 0.25) is 5.91 Å². The number of carbonyl (C=O) groups excluding carboxylic acids is 1. The lowest BCUT2D eigenvalue weighted by Gasteiger charge is -2.21. The Kier molecular flexibility index (Phi) is 4.11. The number of piperidine rings is 1. The fourth-order valence-corrected chi connectivity index (χ4v) is 2.10. The number of anilines is 1. The minimum Gasteiger partial charge on any atom is -0.324 e. The maximum absolute atomic E-state index is 11.9. The van der Waals surface area contributed by atoms with Gasteiger partial charge in [0.05, 0.1) is 11.9 Å². The lowest BCUT2D eigenvalue weighted by Crippen LogP contribution is -2.34. The summed E-state index contributed by atoms with van der Waals surface area (Å²) in [5.41, 5.74) is 0.781. The summed E-state index contributed by atoms with van der Waals surface area (Å²) in [7, 11) is 0. The number of hydrogen-bond donors (Lipinski definition) is 2. The minimum absolute atomic E-state index is 0.115. The van der Waals surface area contributed by atoms with Crippen molar-refractivity contribution in [1.82, 2.24) is 10.3 Å². The van der Waals surface area contributed by atoms with Crippen molar-refractivity contribution < 1.29 is 4.79 Å². The summed E-state index contributed by atoms with van der Waals surface area (Å²) in [5.74, 6) is 0.255. The van der Waals surface area contributed by atoms with Crippen molar-refractivity contribution in [3.05, 3.63) is 22.0 Å². The predicted octanol–water partition coefficient (Wildman–Crippen LogP) is 1.62. The van der Waals surface area contributed by atoms with Gasteiger partial charge in [-0.2, -0.15) is 0 Å². The van der Waals surface area contributed by atoms with Crippen molar-refractivity contribution in [2.75, 3.05) is 18.4 Å². The Labute approximate surface area is 108 Å². The van der Waals surface area contributed by atoms with Gasteiger partial charge in [0, 0.05) is 5.92 Å². The van der Waals surface area contributed by atoms with E-state index < -0.39 is 0 Å². The molecule has 5 heteroatoms. The highest BCUT2D eigenvalue weighted by Crippen LogP contribution is 2.15. The Bertz CT molecular complexity index is 360. The Balaban J connectivity index is 1.93. The monoisotopic (exact) mass is 331 g/mol. The molecule has 2 N–H and O–H groups in total. The smallest absolute Gasteiger partial charge is 0.227 e. The highest BCUT2D eigenvalue weighted by Gasteiger charge is 2.20. The summed E-state index contributed by atoms with van der Waals surface area (Å²) >= 11 is 2.14. The summed E-state index contributed by atoms with van der Waals surface area (Å²) in [5, 5.41) is 6.15. The van der Waals surface area contributed by atoms with E-state index in [0.29, 0.717) is 0 Å². The first kappa shape index (κ1) is 11.8. The van der Waals surface area contributed by atoms with Crippen molar-refractivity contribution in [3.8, 4) is 0 Å². The third-order valence-electron chi connectivity index (χ3n) is 2.70. The van der Waals surface area contributed by atoms with Gasteiger partial charge in [0.1, 0.15) is 3.70 Å². The lowest BCUT2D eigenvalue weighted by molar-refractivity contribution is -0.120. The Morgan fingerprint density at radius 3 is 2.81 bits per heavy atom. The molecule has 1 aliphatic heterocycles. The van der Waals surface area contributed by atoms with E-state index in [2.05, 4.69) is 38.2 Å². The molecule has 4 nitrogen and oxygen atoms in total. The number of amides is 1. The van der Waals surface area contributed by atoms with E-state index in [-0.39, 0.29) is 11.8 Å². The van der Waals surface area contributed by atoms with E-state index in [0.717, 1.165) is 35.3 Å². The first-order valence-corrected chi connectivity index (χ1v) is 6.47. The van der Waals surface area contributed by atoms with Crippen LogP contribution >= 0.6 is 22.6 Å². The standard InChI is InChI=1S/C11H14IN3O/c12-10-2-1-9(7-14-10)15-11(16)8-3-5-13-6-4-8/h1-2,7-8,13H,3-6H2,(H,15,16). The van der Waals surface area contributed by atoms with E-state index >= 15 is 0 Å². The third kappa shape index (κ3) is 3.15. The summed E-state index contributed by atoms with van der Waals surface area (Å²) < 4.78 is 0.928. The second-order valence-electron chi connectivity index (χ2n) is 3.88. The van der Waals surface area contributed by atoms with E-state index in [4.69, 9.17) is 0 Å². The quantitative estimate of drug-likeness (QED) is 0.640. The maximum Gasteiger partial charge on any atom is 0.227 e. The van der Waals surface area contributed by atoms with Crippen molar-refractivity contribution in [1.29, 1.82) is 0 Å². The Morgan fingerprint density at radius 1 is 1.44 bits per heavy atom. The predicted molar refractivity (Wildman–Crippen MR) is 71.2 cm³/mol. The molecule has 2 rings (SSSR count). The molecule has 0 unspecified atom stereocenters. The van der Waals surface area contributed by atoms with Gasteiger partial charge >= 0.3 is 0 Å². The zero-order valence-corrected chi connectivity index (χ0v) is 11.0. The normalized spacial score (nSPS) is 17.1. The van der Waals surface area contributed by atoms with Crippen LogP contribution < -0.4 is 10.6 Å². The molecule has 16 heavy (non-hydrogen) atoms. The van der Waals surface area contributed by atoms with Gasteiger partial charge < -0.3 is 10.6 Å². The fourth-order valence-electron chi connectivity index (χ4n) is 1.78. The summed E-state index contributed by atoms with van der Waals surface area (Å²) in [6.45, 7) is 1.87. The number of aromatic nitrogens is 1. The molecule has 0 saturated carbocycles.